The van der Waals surface area contributed by atoms with E-state index in [-0.39, 0.29) is 39.0 Å². The molecule has 2 aliphatic rings. The molecule has 3 aromatic rings. The molecule has 5 rings (SSSR count). The smallest absolute Gasteiger partial charge is 0.227 e. The average molecular weight is 595 g/mol. The molecule has 15 heteroatoms. The highest BCUT2D eigenvalue weighted by Crippen LogP contribution is 2.56. The van der Waals surface area contributed by atoms with Crippen molar-refractivity contribution in [2.24, 2.45) is 0 Å². The van der Waals surface area contributed by atoms with Crippen LogP contribution >= 0.6 is 0 Å². The van der Waals surface area contributed by atoms with Crippen LogP contribution in [-0.4, -0.2) is 19.9 Å². The summed E-state index contributed by atoms with van der Waals surface area (Å²) < 4.78 is 30.6. The molecule has 0 amide bonds. The van der Waals surface area contributed by atoms with Crippen LogP contribution in [0.3, 0.4) is 0 Å². The summed E-state index contributed by atoms with van der Waals surface area (Å²) in [6.07, 6.45) is 1.71. The van der Waals surface area contributed by atoms with Crippen molar-refractivity contribution in [1.82, 2.24) is 19.9 Å². The minimum Gasteiger partial charge on any atom is -0.227 e. The van der Waals surface area contributed by atoms with Crippen molar-refractivity contribution < 1.29 is 8.78 Å². The van der Waals surface area contributed by atoms with E-state index in [4.69, 9.17) is 10.5 Å². The van der Waals surface area contributed by atoms with E-state index in [0.29, 0.717) is 0 Å². The fourth-order valence-corrected chi connectivity index (χ4v) is 5.19. The standard InChI is InChI=1S/C31H3F2N13/c32-30-20(11-43-22(9-41)45-30)28-17(6-38)15-1-16-24(13(2-34)3-35)29(21-12-44-23(10-42)46-31(21)33)19(8-40)26(16)18(7-39)27(15)25(28)14(4-36)5-37/h1,11-12H. The van der Waals surface area contributed by atoms with E-state index in [0.717, 1.165) is 12.4 Å². The first kappa shape index (κ1) is 29.1. The van der Waals surface area contributed by atoms with Crippen molar-refractivity contribution in [2.45, 2.75) is 0 Å². The molecule has 0 spiro atoms. The maximum Gasteiger partial charge on any atom is 0.234 e. The molecule has 0 N–H and O–H groups in total. The summed E-state index contributed by atoms with van der Waals surface area (Å²) in [6, 6.07) is 16.5. The Kier molecular flexibility index (Phi) is 7.04. The zero-order chi connectivity index (χ0) is 33.3. The van der Waals surface area contributed by atoms with Crippen LogP contribution in [-0.2, 0) is 0 Å². The minimum absolute atomic E-state index is 0.163. The number of allylic oxidation sites excluding steroid dienone is 8. The van der Waals surface area contributed by atoms with E-state index in [1.807, 2.05) is 18.2 Å². The molecular weight excluding hydrogens is 592 g/mol. The van der Waals surface area contributed by atoms with Gasteiger partial charge in [-0.3, -0.25) is 0 Å². The highest BCUT2D eigenvalue weighted by molar-refractivity contribution is 6.30. The van der Waals surface area contributed by atoms with Gasteiger partial charge in [0.05, 0.1) is 27.8 Å². The van der Waals surface area contributed by atoms with Crippen molar-refractivity contribution in [3.63, 3.8) is 0 Å². The highest BCUT2D eigenvalue weighted by Gasteiger charge is 2.41. The van der Waals surface area contributed by atoms with Crippen LogP contribution in [0.5, 0.6) is 0 Å². The third-order valence-electron chi connectivity index (χ3n) is 6.87. The van der Waals surface area contributed by atoms with Crippen LogP contribution in [0, 0.1) is 114 Å². The third kappa shape index (κ3) is 3.97. The fourth-order valence-electron chi connectivity index (χ4n) is 5.19. The lowest BCUT2D eigenvalue weighted by molar-refractivity contribution is 0.573. The molecule has 46 heavy (non-hydrogen) atoms. The largest absolute Gasteiger partial charge is 0.234 e. The first-order valence-corrected chi connectivity index (χ1v) is 12.2. The van der Waals surface area contributed by atoms with Gasteiger partial charge in [-0.1, -0.05) is 0 Å². The number of halogens is 2. The van der Waals surface area contributed by atoms with Gasteiger partial charge < -0.3 is 0 Å². The lowest BCUT2D eigenvalue weighted by Gasteiger charge is -2.13. The van der Waals surface area contributed by atoms with Gasteiger partial charge in [0.2, 0.25) is 23.5 Å². The Morgan fingerprint density at radius 3 is 1.41 bits per heavy atom. The number of aromatic nitrogens is 4. The topological polar surface area (TPSA) is 266 Å². The number of hydrogen-bond donors (Lipinski definition) is 0. The number of hydrogen-bond acceptors (Lipinski definition) is 13. The van der Waals surface area contributed by atoms with Crippen molar-refractivity contribution in [3.05, 3.63) is 92.1 Å². The van der Waals surface area contributed by atoms with Gasteiger partial charge in [-0.25, -0.2) is 9.97 Å². The number of nitrogens with zero attached hydrogens (tertiary/aromatic N) is 13. The number of rotatable bonds is 2. The van der Waals surface area contributed by atoms with Gasteiger partial charge in [0.15, 0.2) is 0 Å². The van der Waals surface area contributed by atoms with Crippen LogP contribution in [0.25, 0.3) is 33.4 Å². The van der Waals surface area contributed by atoms with Crippen LogP contribution in [0.1, 0.15) is 50.6 Å². The average Bonchev–Trinajstić information content (AvgIpc) is 3.57. The van der Waals surface area contributed by atoms with Gasteiger partial charge in [-0.2, -0.15) is 66.1 Å². The van der Waals surface area contributed by atoms with Gasteiger partial charge in [0.1, 0.15) is 65.8 Å². The van der Waals surface area contributed by atoms with Crippen LogP contribution in [0.2, 0.25) is 0 Å². The molecule has 0 bridgehead atoms. The van der Waals surface area contributed by atoms with Gasteiger partial charge in [0.25, 0.3) is 0 Å². The number of nitriles is 9. The first-order chi connectivity index (χ1) is 22.3. The quantitative estimate of drug-likeness (QED) is 0.302. The molecule has 13 nitrogen and oxygen atoms in total. The van der Waals surface area contributed by atoms with Crippen LogP contribution in [0.4, 0.5) is 8.78 Å². The maximum absolute atomic E-state index is 15.3. The Balaban J connectivity index is 2.03. The molecule has 2 aromatic heterocycles. The van der Waals surface area contributed by atoms with Gasteiger partial charge in [-0.05, 0) is 11.6 Å². The molecule has 1 aromatic carbocycles. The van der Waals surface area contributed by atoms with Crippen LogP contribution < -0.4 is 0 Å². The molecule has 0 aliphatic heterocycles. The monoisotopic (exact) mass is 595 g/mol. The fraction of sp³-hybridized carbons (Fsp3) is 0. The second kappa shape index (κ2) is 11.1. The lowest BCUT2D eigenvalue weighted by atomic mass is 9.86. The predicted molar refractivity (Wildman–Crippen MR) is 146 cm³/mol. The van der Waals surface area contributed by atoms with E-state index >= 15 is 8.78 Å². The summed E-state index contributed by atoms with van der Waals surface area (Å²) in [5.74, 6) is -3.73. The Labute approximate surface area is 256 Å². The molecule has 2 heterocycles. The third-order valence-corrected chi connectivity index (χ3v) is 6.87. The molecule has 0 fully saturated rings. The van der Waals surface area contributed by atoms with Gasteiger partial charge in [0, 0.05) is 51.4 Å². The Hall–Kier alpha value is -8.39. The highest BCUT2D eigenvalue weighted by atomic mass is 19.1. The summed E-state index contributed by atoms with van der Waals surface area (Å²) in [6.45, 7) is 0. The molecule has 0 unspecified atom stereocenters. The molecule has 0 atom stereocenters. The van der Waals surface area contributed by atoms with Crippen LogP contribution in [0.15, 0.2) is 29.6 Å². The summed E-state index contributed by atoms with van der Waals surface area (Å²) in [5, 5.41) is 88.8. The summed E-state index contributed by atoms with van der Waals surface area (Å²) in [4.78, 5) is 14.3. The summed E-state index contributed by atoms with van der Waals surface area (Å²) in [7, 11) is 0. The van der Waals surface area contributed by atoms with Crippen molar-refractivity contribution >= 4 is 33.4 Å². The zero-order valence-corrected chi connectivity index (χ0v) is 22.3. The van der Waals surface area contributed by atoms with E-state index in [1.54, 1.807) is 36.4 Å². The SMILES string of the molecule is N#CC(C#N)=C1C(c2cnc(C#N)nc2F)=C(C#N)c2c1cc1c(c2C#N)C(=C(C#N)C#N)C(c2cnc(C#N)nc2F)=C1C#N. The maximum atomic E-state index is 15.3. The lowest BCUT2D eigenvalue weighted by Crippen LogP contribution is -2.02. The van der Waals surface area contributed by atoms with E-state index in [9.17, 15) is 36.8 Å². The zero-order valence-electron chi connectivity index (χ0n) is 22.3. The van der Waals surface area contributed by atoms with Crippen molar-refractivity contribution in [2.75, 3.05) is 0 Å². The molecule has 0 saturated carbocycles. The van der Waals surface area contributed by atoms with E-state index < -0.39 is 68.1 Å². The minimum atomic E-state index is -1.30. The first-order valence-electron chi connectivity index (χ1n) is 12.2. The normalized spacial score (nSPS) is 12.1. The molecule has 206 valence electrons. The molecule has 0 saturated heterocycles. The Bertz CT molecular complexity index is 2510. The second-order valence-corrected chi connectivity index (χ2v) is 8.90. The number of benzene rings is 1. The Morgan fingerprint density at radius 2 is 1.00 bits per heavy atom. The summed E-state index contributed by atoms with van der Waals surface area (Å²) >= 11 is 0. The predicted octanol–water partition coefficient (Wildman–Crippen LogP) is 3.66. The number of fused-ring (bicyclic) bond motifs is 2. The molecule has 2 aliphatic carbocycles. The molecular formula is C31H3F2N13. The summed E-state index contributed by atoms with van der Waals surface area (Å²) in [5.41, 5.74) is -5.97. The molecule has 0 radical (unpaired) electrons. The Morgan fingerprint density at radius 1 is 0.522 bits per heavy atom. The van der Waals surface area contributed by atoms with E-state index in [1.165, 1.54) is 6.07 Å². The van der Waals surface area contributed by atoms with Crippen molar-refractivity contribution in [1.29, 1.82) is 47.4 Å². The van der Waals surface area contributed by atoms with E-state index in [2.05, 4.69) is 19.9 Å². The second-order valence-electron chi connectivity index (χ2n) is 8.90. The van der Waals surface area contributed by atoms with Gasteiger partial charge in [-0.15, -0.1) is 0 Å². The van der Waals surface area contributed by atoms with Crippen molar-refractivity contribution in [3.8, 4) is 54.6 Å². The van der Waals surface area contributed by atoms with Gasteiger partial charge >= 0.3 is 0 Å².